The number of thioether (sulfide) groups is 1. The molecule has 0 spiro atoms. The van der Waals surface area contributed by atoms with Crippen LogP contribution in [0.1, 0.15) is 58.7 Å². The van der Waals surface area contributed by atoms with Crippen LogP contribution in [0, 0.1) is 11.7 Å². The van der Waals surface area contributed by atoms with E-state index in [4.69, 9.17) is 9.97 Å². The molecule has 0 unspecified atom stereocenters. The van der Waals surface area contributed by atoms with Gasteiger partial charge in [0.15, 0.2) is 5.78 Å². The molecule has 1 fully saturated rings. The number of benzene rings is 1. The minimum atomic E-state index is -0.324. The van der Waals surface area contributed by atoms with Crippen LogP contribution in [0.3, 0.4) is 0 Å². The lowest BCUT2D eigenvalue weighted by Gasteiger charge is -2.18. The van der Waals surface area contributed by atoms with Gasteiger partial charge in [-0.15, -0.1) is 11.3 Å². The maximum atomic E-state index is 13.1. The Bertz CT molecular complexity index is 1060. The molecule has 2 aromatic heterocycles. The number of aryl methyl sites for hydroxylation is 1. The molecule has 5 rings (SSSR count). The fraction of sp³-hybridized carbons (Fsp3) is 0.409. The van der Waals surface area contributed by atoms with E-state index in [1.807, 2.05) is 11.3 Å². The van der Waals surface area contributed by atoms with E-state index in [1.54, 1.807) is 12.1 Å². The number of ketones is 1. The lowest BCUT2D eigenvalue weighted by Crippen LogP contribution is -2.09. The van der Waals surface area contributed by atoms with Crippen LogP contribution in [0.25, 0.3) is 10.2 Å². The Morgan fingerprint density at radius 1 is 1.21 bits per heavy atom. The van der Waals surface area contributed by atoms with Crippen LogP contribution in [0.5, 0.6) is 0 Å². The van der Waals surface area contributed by atoms with Crippen molar-refractivity contribution in [2.24, 2.45) is 5.92 Å². The average molecular weight is 413 g/mol. The van der Waals surface area contributed by atoms with Crippen LogP contribution >= 0.6 is 23.1 Å². The zero-order valence-electron chi connectivity index (χ0n) is 15.7. The number of thiophene rings is 1. The second-order valence-corrected chi connectivity index (χ2v) is 9.96. The Balaban J connectivity index is 1.48. The Morgan fingerprint density at radius 3 is 2.75 bits per heavy atom. The first-order chi connectivity index (χ1) is 13.6. The molecule has 3 aromatic rings. The topological polar surface area (TPSA) is 42.9 Å². The molecule has 1 saturated carbocycles. The highest BCUT2D eigenvalue weighted by atomic mass is 32.2. The van der Waals surface area contributed by atoms with Crippen molar-refractivity contribution in [2.45, 2.75) is 50.0 Å². The van der Waals surface area contributed by atoms with Gasteiger partial charge in [-0.05, 0) is 67.9 Å². The molecule has 0 amide bonds. The summed E-state index contributed by atoms with van der Waals surface area (Å²) >= 11 is 3.33. The molecule has 144 valence electrons. The van der Waals surface area contributed by atoms with Crippen LogP contribution < -0.4 is 0 Å². The number of Topliss-reactive ketones (excluding diaryl/α,β-unsaturated/α-hetero) is 1. The second kappa shape index (κ2) is 7.23. The summed E-state index contributed by atoms with van der Waals surface area (Å²) in [6, 6.07) is 5.78. The number of nitrogens with zero attached hydrogens (tertiary/aromatic N) is 2. The van der Waals surface area contributed by atoms with Gasteiger partial charge in [0.25, 0.3) is 0 Å². The molecule has 6 heteroatoms. The molecule has 0 bridgehead atoms. The zero-order chi connectivity index (χ0) is 19.3. The molecule has 0 N–H and O–H groups in total. The van der Waals surface area contributed by atoms with E-state index in [9.17, 15) is 9.18 Å². The number of rotatable bonds is 5. The third kappa shape index (κ3) is 3.48. The smallest absolute Gasteiger partial charge is 0.173 e. The molecule has 1 atom stereocenters. The van der Waals surface area contributed by atoms with E-state index in [-0.39, 0.29) is 11.6 Å². The Morgan fingerprint density at radius 2 is 2.00 bits per heavy atom. The van der Waals surface area contributed by atoms with Gasteiger partial charge in [-0.2, -0.15) is 0 Å². The molecule has 2 aliphatic carbocycles. The third-order valence-corrected chi connectivity index (χ3v) is 7.71. The van der Waals surface area contributed by atoms with E-state index < -0.39 is 0 Å². The van der Waals surface area contributed by atoms with Crippen LogP contribution in [-0.4, -0.2) is 21.5 Å². The summed E-state index contributed by atoms with van der Waals surface area (Å²) in [6.45, 7) is 2.31. The van der Waals surface area contributed by atoms with Crippen molar-refractivity contribution in [1.82, 2.24) is 9.97 Å². The Labute approximate surface area is 171 Å². The largest absolute Gasteiger partial charge is 0.293 e. The zero-order valence-corrected chi connectivity index (χ0v) is 17.3. The second-order valence-electron chi connectivity index (χ2n) is 7.91. The Kier molecular flexibility index (Phi) is 4.71. The molecule has 3 nitrogen and oxygen atoms in total. The first kappa shape index (κ1) is 18.3. The van der Waals surface area contributed by atoms with Crippen LogP contribution in [0.4, 0.5) is 4.39 Å². The first-order valence-corrected chi connectivity index (χ1v) is 11.6. The maximum absolute atomic E-state index is 13.1. The van der Waals surface area contributed by atoms with Gasteiger partial charge in [-0.3, -0.25) is 4.79 Å². The van der Waals surface area contributed by atoms with Crippen LogP contribution in [0.2, 0.25) is 0 Å². The van der Waals surface area contributed by atoms with E-state index in [1.165, 1.54) is 46.1 Å². The highest BCUT2D eigenvalue weighted by Gasteiger charge is 2.30. The molecule has 1 aromatic carbocycles. The van der Waals surface area contributed by atoms with Gasteiger partial charge in [-0.1, -0.05) is 18.7 Å². The standard InChI is InChI=1S/C22H21FN2OS2/c1-12-2-9-16-18(10-12)28-22-19(16)21(24-20(25-22)14-3-4-14)27-11-17(26)13-5-7-15(23)8-6-13/h5-8,12,14H,2-4,9-11H2,1H3/t12-/m0/s1. The molecular formula is C22H21FN2OS2. The molecule has 2 aliphatic rings. The summed E-state index contributed by atoms with van der Waals surface area (Å²) in [7, 11) is 0. The number of aromatic nitrogens is 2. The lowest BCUT2D eigenvalue weighted by atomic mass is 9.89. The minimum absolute atomic E-state index is 0.00227. The predicted molar refractivity (Wildman–Crippen MR) is 112 cm³/mol. The van der Waals surface area contributed by atoms with Gasteiger partial charge in [-0.25, -0.2) is 14.4 Å². The number of hydrogen-bond acceptors (Lipinski definition) is 5. The van der Waals surface area contributed by atoms with E-state index in [0.29, 0.717) is 23.2 Å². The molecule has 0 saturated heterocycles. The quantitative estimate of drug-likeness (QED) is 0.301. The fourth-order valence-corrected chi connectivity index (χ4v) is 6.22. The van der Waals surface area contributed by atoms with Crippen molar-refractivity contribution in [3.05, 3.63) is 51.9 Å². The fourth-order valence-electron chi connectivity index (χ4n) is 3.81. The minimum Gasteiger partial charge on any atom is -0.293 e. The van der Waals surface area contributed by atoms with E-state index in [2.05, 4.69) is 6.92 Å². The molecule has 0 aliphatic heterocycles. The Hall–Kier alpha value is -1.79. The normalized spacial score (nSPS) is 19.0. The van der Waals surface area contributed by atoms with E-state index >= 15 is 0 Å². The number of halogens is 1. The molecule has 28 heavy (non-hydrogen) atoms. The summed E-state index contributed by atoms with van der Waals surface area (Å²) in [6.07, 6.45) is 5.70. The van der Waals surface area contributed by atoms with E-state index in [0.717, 1.165) is 41.4 Å². The summed E-state index contributed by atoms with van der Waals surface area (Å²) < 4.78 is 13.1. The highest BCUT2D eigenvalue weighted by Crippen LogP contribution is 2.44. The van der Waals surface area contributed by atoms with Crippen molar-refractivity contribution in [2.75, 3.05) is 5.75 Å². The number of carbonyl (C=O) groups excluding carboxylic acids is 1. The van der Waals surface area contributed by atoms with Crippen molar-refractivity contribution < 1.29 is 9.18 Å². The average Bonchev–Trinajstić information content (AvgIpc) is 3.47. The van der Waals surface area contributed by atoms with Gasteiger partial charge in [0.05, 0.1) is 5.75 Å². The van der Waals surface area contributed by atoms with Crippen LogP contribution in [-0.2, 0) is 12.8 Å². The first-order valence-electron chi connectivity index (χ1n) is 9.82. The molecule has 2 heterocycles. The third-order valence-electron chi connectivity index (χ3n) is 5.59. The van der Waals surface area contributed by atoms with Gasteiger partial charge < -0.3 is 0 Å². The SMILES string of the molecule is C[C@H]1CCc2c(sc3nc(C4CC4)nc(SCC(=O)c4ccc(F)cc4)c23)C1. The molecular weight excluding hydrogens is 391 g/mol. The summed E-state index contributed by atoms with van der Waals surface area (Å²) in [5.41, 5.74) is 1.94. The summed E-state index contributed by atoms with van der Waals surface area (Å²) in [5, 5.41) is 2.13. The van der Waals surface area contributed by atoms with Gasteiger partial charge in [0, 0.05) is 21.7 Å². The summed E-state index contributed by atoms with van der Waals surface area (Å²) in [5.74, 6) is 2.12. The monoisotopic (exact) mass is 412 g/mol. The van der Waals surface area contributed by atoms with Crippen molar-refractivity contribution in [3.63, 3.8) is 0 Å². The van der Waals surface area contributed by atoms with Crippen LogP contribution in [0.15, 0.2) is 29.3 Å². The van der Waals surface area contributed by atoms with Gasteiger partial charge in [0.1, 0.15) is 21.5 Å². The van der Waals surface area contributed by atoms with Crippen molar-refractivity contribution in [1.29, 1.82) is 0 Å². The van der Waals surface area contributed by atoms with Gasteiger partial charge >= 0.3 is 0 Å². The number of fused-ring (bicyclic) bond motifs is 3. The predicted octanol–water partition coefficient (Wildman–Crippen LogP) is 5.81. The highest BCUT2D eigenvalue weighted by molar-refractivity contribution is 8.00. The molecule has 0 radical (unpaired) electrons. The van der Waals surface area contributed by atoms with Crippen molar-refractivity contribution in [3.8, 4) is 0 Å². The lowest BCUT2D eigenvalue weighted by molar-refractivity contribution is 0.102. The maximum Gasteiger partial charge on any atom is 0.173 e. The number of carbonyl (C=O) groups is 1. The van der Waals surface area contributed by atoms with Crippen molar-refractivity contribution >= 4 is 39.1 Å². The summed E-state index contributed by atoms with van der Waals surface area (Å²) in [4.78, 5) is 24.9. The number of hydrogen-bond donors (Lipinski definition) is 0. The van der Waals surface area contributed by atoms with Gasteiger partial charge in [0.2, 0.25) is 0 Å².